The van der Waals surface area contributed by atoms with Crippen LogP contribution in [0.1, 0.15) is 19.4 Å². The molecule has 0 fully saturated rings. The van der Waals surface area contributed by atoms with Crippen molar-refractivity contribution in [2.75, 3.05) is 23.3 Å². The zero-order valence-electron chi connectivity index (χ0n) is 14.8. The van der Waals surface area contributed by atoms with Gasteiger partial charge in [0.15, 0.2) is 5.11 Å². The minimum Gasteiger partial charge on any atom is -0.372 e. The average Bonchev–Trinajstić information content (AvgIpc) is 2.63. The molecule has 0 aliphatic carbocycles. The molecule has 2 N–H and O–H groups in total. The van der Waals surface area contributed by atoms with Gasteiger partial charge in [0.1, 0.15) is 0 Å². The minimum absolute atomic E-state index is 0.245. The van der Waals surface area contributed by atoms with Gasteiger partial charge >= 0.3 is 0 Å². The van der Waals surface area contributed by atoms with Crippen molar-refractivity contribution in [2.24, 2.45) is 0 Å². The second-order valence-electron chi connectivity index (χ2n) is 5.52. The Bertz CT molecular complexity index is 786. The number of halogens is 1. The average molecular weight is 388 g/mol. The number of nitrogens with zero attached hydrogens (tertiary/aromatic N) is 1. The highest BCUT2D eigenvalue weighted by molar-refractivity contribution is 7.80. The van der Waals surface area contributed by atoms with Gasteiger partial charge in [0.05, 0.1) is 0 Å². The van der Waals surface area contributed by atoms with Crippen molar-refractivity contribution >= 4 is 52.3 Å². The zero-order valence-corrected chi connectivity index (χ0v) is 16.4. The first-order valence-electron chi connectivity index (χ1n) is 8.43. The molecule has 0 atom stereocenters. The van der Waals surface area contributed by atoms with Crippen molar-refractivity contribution in [3.8, 4) is 0 Å². The molecule has 0 aliphatic heterocycles. The fourth-order valence-corrected chi connectivity index (χ4v) is 2.85. The summed E-state index contributed by atoms with van der Waals surface area (Å²) in [5.74, 6) is -0.317. The Morgan fingerprint density at radius 1 is 1.12 bits per heavy atom. The number of nitrogens with one attached hydrogen (secondary N) is 2. The van der Waals surface area contributed by atoms with Crippen LogP contribution < -0.4 is 15.5 Å². The van der Waals surface area contributed by atoms with E-state index in [-0.39, 0.29) is 11.0 Å². The van der Waals surface area contributed by atoms with E-state index < -0.39 is 0 Å². The quantitative estimate of drug-likeness (QED) is 0.556. The lowest BCUT2D eigenvalue weighted by Crippen LogP contribution is -2.32. The first-order chi connectivity index (χ1) is 12.5. The number of thiocarbonyl (C=S) groups is 1. The summed E-state index contributed by atoms with van der Waals surface area (Å²) in [6.45, 7) is 6.15. The Hall–Kier alpha value is -2.37. The third-order valence-corrected chi connectivity index (χ3v) is 4.36. The molecule has 0 saturated heterocycles. The summed E-state index contributed by atoms with van der Waals surface area (Å²) in [7, 11) is 0. The van der Waals surface area contributed by atoms with Gasteiger partial charge in [-0.15, -0.1) is 0 Å². The third kappa shape index (κ3) is 5.86. The smallest absolute Gasteiger partial charge is 0.250 e. The summed E-state index contributed by atoms with van der Waals surface area (Å²) in [4.78, 5) is 14.2. The zero-order chi connectivity index (χ0) is 18.9. The predicted octanol–water partition coefficient (Wildman–Crippen LogP) is 4.71. The van der Waals surface area contributed by atoms with E-state index in [1.807, 2.05) is 42.5 Å². The summed E-state index contributed by atoms with van der Waals surface area (Å²) in [6, 6.07) is 15.2. The van der Waals surface area contributed by atoms with E-state index in [0.29, 0.717) is 5.02 Å². The normalized spacial score (nSPS) is 10.6. The second-order valence-corrected chi connectivity index (χ2v) is 6.33. The maximum Gasteiger partial charge on any atom is 0.250 e. The highest BCUT2D eigenvalue weighted by Crippen LogP contribution is 2.18. The van der Waals surface area contributed by atoms with Crippen LogP contribution in [-0.2, 0) is 4.79 Å². The topological polar surface area (TPSA) is 44.4 Å². The third-order valence-electron chi connectivity index (χ3n) is 3.81. The second kappa shape index (κ2) is 9.94. The SMILES string of the molecule is CCN(CC)c1ccc(NC(=S)NC(=O)/C=C/c2ccccc2Cl)cc1. The molecule has 0 spiro atoms. The van der Waals surface area contributed by atoms with Crippen LogP contribution in [0.3, 0.4) is 0 Å². The van der Waals surface area contributed by atoms with Gasteiger partial charge in [-0.3, -0.25) is 10.1 Å². The first-order valence-corrected chi connectivity index (χ1v) is 9.21. The molecule has 0 unspecified atom stereocenters. The van der Waals surface area contributed by atoms with Gasteiger partial charge in [0.2, 0.25) is 5.91 Å². The number of hydrogen-bond acceptors (Lipinski definition) is 3. The van der Waals surface area contributed by atoms with Gasteiger partial charge in [-0.2, -0.15) is 0 Å². The monoisotopic (exact) mass is 387 g/mol. The van der Waals surface area contributed by atoms with Gasteiger partial charge in [-0.25, -0.2) is 0 Å². The highest BCUT2D eigenvalue weighted by Gasteiger charge is 2.04. The van der Waals surface area contributed by atoms with E-state index in [0.717, 1.165) is 30.0 Å². The Labute approximate surface area is 164 Å². The molecule has 0 heterocycles. The van der Waals surface area contributed by atoms with Crippen LogP contribution in [0.25, 0.3) is 6.08 Å². The molecule has 2 aromatic carbocycles. The fraction of sp³-hybridized carbons (Fsp3) is 0.200. The lowest BCUT2D eigenvalue weighted by Gasteiger charge is -2.21. The molecule has 0 aliphatic rings. The van der Waals surface area contributed by atoms with Crippen LogP contribution in [-0.4, -0.2) is 24.1 Å². The molecular formula is C20H22ClN3OS. The van der Waals surface area contributed by atoms with Crippen LogP contribution in [0, 0.1) is 0 Å². The molecule has 0 radical (unpaired) electrons. The van der Waals surface area contributed by atoms with Crippen molar-refractivity contribution < 1.29 is 4.79 Å². The first kappa shape index (κ1) is 19.9. The lowest BCUT2D eigenvalue weighted by atomic mass is 10.2. The number of carbonyl (C=O) groups is 1. The number of benzene rings is 2. The number of hydrogen-bond donors (Lipinski definition) is 2. The Morgan fingerprint density at radius 2 is 1.77 bits per heavy atom. The van der Waals surface area contributed by atoms with E-state index in [9.17, 15) is 4.79 Å². The van der Waals surface area contributed by atoms with Gasteiger partial charge in [-0.05, 0) is 68.0 Å². The Kier molecular flexibility index (Phi) is 7.63. The van der Waals surface area contributed by atoms with E-state index in [1.165, 1.54) is 6.08 Å². The van der Waals surface area contributed by atoms with Crippen LogP contribution in [0.4, 0.5) is 11.4 Å². The number of carbonyl (C=O) groups excluding carboxylic acids is 1. The molecule has 26 heavy (non-hydrogen) atoms. The van der Waals surface area contributed by atoms with Gasteiger partial charge in [0, 0.05) is 35.6 Å². The van der Waals surface area contributed by atoms with E-state index in [4.69, 9.17) is 23.8 Å². The maximum absolute atomic E-state index is 12.0. The molecule has 0 saturated carbocycles. The van der Waals surface area contributed by atoms with Gasteiger partial charge in [-0.1, -0.05) is 29.8 Å². The number of amides is 1. The largest absolute Gasteiger partial charge is 0.372 e. The molecule has 1 amide bonds. The number of anilines is 2. The van der Waals surface area contributed by atoms with Crippen LogP contribution >= 0.6 is 23.8 Å². The molecule has 0 bridgehead atoms. The van der Waals surface area contributed by atoms with Crippen molar-refractivity contribution in [1.29, 1.82) is 0 Å². The van der Waals surface area contributed by atoms with Crippen LogP contribution in [0.5, 0.6) is 0 Å². The fourth-order valence-electron chi connectivity index (χ4n) is 2.44. The van der Waals surface area contributed by atoms with Crippen molar-refractivity contribution in [3.63, 3.8) is 0 Å². The standard InChI is InChI=1S/C20H22ClN3OS/c1-3-24(4-2)17-12-10-16(11-13-17)22-20(26)23-19(25)14-9-15-7-5-6-8-18(15)21/h5-14H,3-4H2,1-2H3,(H2,22,23,25,26)/b14-9+. The van der Waals surface area contributed by atoms with Crippen molar-refractivity contribution in [3.05, 3.63) is 65.2 Å². The highest BCUT2D eigenvalue weighted by atomic mass is 35.5. The summed E-state index contributed by atoms with van der Waals surface area (Å²) < 4.78 is 0. The summed E-state index contributed by atoms with van der Waals surface area (Å²) in [5, 5.41) is 6.46. The Balaban J connectivity index is 1.90. The van der Waals surface area contributed by atoms with Gasteiger partial charge in [0.25, 0.3) is 0 Å². The predicted molar refractivity (Wildman–Crippen MR) is 115 cm³/mol. The van der Waals surface area contributed by atoms with Crippen LogP contribution in [0.2, 0.25) is 5.02 Å². The lowest BCUT2D eigenvalue weighted by molar-refractivity contribution is -0.115. The molecule has 136 valence electrons. The maximum atomic E-state index is 12.0. The van der Waals surface area contributed by atoms with Crippen molar-refractivity contribution in [1.82, 2.24) is 5.32 Å². The van der Waals surface area contributed by atoms with E-state index in [2.05, 4.69) is 29.4 Å². The summed E-state index contributed by atoms with van der Waals surface area (Å²) in [5.41, 5.74) is 2.75. The molecule has 4 nitrogen and oxygen atoms in total. The molecule has 2 aromatic rings. The van der Waals surface area contributed by atoms with E-state index >= 15 is 0 Å². The molecule has 0 aromatic heterocycles. The Morgan fingerprint density at radius 3 is 2.38 bits per heavy atom. The molecule has 6 heteroatoms. The van der Waals surface area contributed by atoms with Gasteiger partial charge < -0.3 is 10.2 Å². The summed E-state index contributed by atoms with van der Waals surface area (Å²) >= 11 is 11.2. The molecular weight excluding hydrogens is 366 g/mol. The van der Waals surface area contributed by atoms with E-state index in [1.54, 1.807) is 12.1 Å². The summed E-state index contributed by atoms with van der Waals surface area (Å²) in [6.07, 6.45) is 3.05. The number of rotatable bonds is 6. The van der Waals surface area contributed by atoms with Crippen molar-refractivity contribution in [2.45, 2.75) is 13.8 Å². The minimum atomic E-state index is -0.317. The van der Waals surface area contributed by atoms with Crippen LogP contribution in [0.15, 0.2) is 54.6 Å². The molecule has 2 rings (SSSR count).